The van der Waals surface area contributed by atoms with Crippen molar-refractivity contribution in [2.24, 2.45) is 0 Å². The molecule has 1 N–H and O–H groups in total. The van der Waals surface area contributed by atoms with Crippen molar-refractivity contribution in [3.8, 4) is 11.4 Å². The van der Waals surface area contributed by atoms with Gasteiger partial charge in [-0.2, -0.15) is 16.9 Å². The van der Waals surface area contributed by atoms with Crippen molar-refractivity contribution in [2.75, 3.05) is 11.9 Å². The number of rotatable bonds is 5. The minimum Gasteiger partial charge on any atom is -0.484 e. The van der Waals surface area contributed by atoms with Crippen molar-refractivity contribution >= 4 is 23.5 Å². The van der Waals surface area contributed by atoms with Gasteiger partial charge in [0.05, 0.1) is 11.4 Å². The zero-order valence-electron chi connectivity index (χ0n) is 14.1. The number of aromatic nitrogens is 2. The number of amides is 1. The van der Waals surface area contributed by atoms with E-state index in [2.05, 4.69) is 10.4 Å². The number of carbonyl (C=O) groups is 1. The fourth-order valence-corrected chi connectivity index (χ4v) is 3.79. The zero-order chi connectivity index (χ0) is 18.8. The third-order valence-corrected chi connectivity index (χ3v) is 5.03. The standard InChI is InChI=1S/C19H15F2N3O2S/c20-12-1-5-14(6-2-12)24-19(16-10-27-11-17(16)23-24)22-18(25)9-26-15-7-3-13(21)4-8-15/h1-8H,9-11H2,(H,22,25). The van der Waals surface area contributed by atoms with Gasteiger partial charge in [0.2, 0.25) is 0 Å². The first-order chi connectivity index (χ1) is 13.1. The number of anilines is 1. The number of thioether (sulfide) groups is 1. The van der Waals surface area contributed by atoms with Crippen LogP contribution < -0.4 is 10.1 Å². The van der Waals surface area contributed by atoms with Crippen molar-refractivity contribution < 1.29 is 18.3 Å². The van der Waals surface area contributed by atoms with Crippen LogP contribution in [0.2, 0.25) is 0 Å². The van der Waals surface area contributed by atoms with Crippen LogP contribution in [0.4, 0.5) is 14.6 Å². The SMILES string of the molecule is O=C(COc1ccc(F)cc1)Nc1c2c(nn1-c1ccc(F)cc1)CSC2. The van der Waals surface area contributed by atoms with Gasteiger partial charge in [-0.1, -0.05) is 0 Å². The molecule has 1 amide bonds. The third-order valence-electron chi connectivity index (χ3n) is 4.06. The lowest BCUT2D eigenvalue weighted by Gasteiger charge is -2.12. The third kappa shape index (κ3) is 3.80. The molecule has 0 saturated heterocycles. The molecule has 1 aliphatic rings. The Morgan fingerprint density at radius 3 is 2.44 bits per heavy atom. The maximum Gasteiger partial charge on any atom is 0.263 e. The van der Waals surface area contributed by atoms with Gasteiger partial charge in [-0.25, -0.2) is 13.5 Å². The minimum atomic E-state index is -0.372. The van der Waals surface area contributed by atoms with E-state index in [-0.39, 0.29) is 24.1 Å². The largest absolute Gasteiger partial charge is 0.484 e. The molecule has 0 saturated carbocycles. The molecular formula is C19H15F2N3O2S. The number of benzene rings is 2. The van der Waals surface area contributed by atoms with E-state index in [1.807, 2.05) is 0 Å². The van der Waals surface area contributed by atoms with Crippen LogP contribution in [0.3, 0.4) is 0 Å². The molecule has 5 nitrogen and oxygen atoms in total. The van der Waals surface area contributed by atoms with Gasteiger partial charge >= 0.3 is 0 Å². The second-order valence-corrected chi connectivity index (χ2v) is 6.93. The lowest BCUT2D eigenvalue weighted by molar-refractivity contribution is -0.118. The first kappa shape index (κ1) is 17.5. The van der Waals surface area contributed by atoms with Crippen LogP contribution in [-0.4, -0.2) is 22.3 Å². The van der Waals surface area contributed by atoms with Crippen molar-refractivity contribution in [3.05, 3.63) is 71.4 Å². The van der Waals surface area contributed by atoms with Gasteiger partial charge in [0, 0.05) is 17.1 Å². The minimum absolute atomic E-state index is 0.220. The number of nitrogens with one attached hydrogen (secondary N) is 1. The van der Waals surface area contributed by atoms with E-state index in [1.165, 1.54) is 36.4 Å². The number of hydrogen-bond donors (Lipinski definition) is 1. The zero-order valence-corrected chi connectivity index (χ0v) is 14.9. The van der Waals surface area contributed by atoms with Crippen LogP contribution in [0.25, 0.3) is 5.69 Å². The van der Waals surface area contributed by atoms with E-state index >= 15 is 0 Å². The number of hydrogen-bond acceptors (Lipinski definition) is 4. The lowest BCUT2D eigenvalue weighted by atomic mass is 10.2. The molecule has 8 heteroatoms. The van der Waals surface area contributed by atoms with Gasteiger partial charge in [-0.05, 0) is 48.5 Å². The summed E-state index contributed by atoms with van der Waals surface area (Å²) in [5.41, 5.74) is 2.52. The summed E-state index contributed by atoms with van der Waals surface area (Å²) in [6.45, 7) is -0.220. The van der Waals surface area contributed by atoms with Gasteiger partial charge in [0.15, 0.2) is 6.61 Å². The number of nitrogens with zero attached hydrogens (tertiary/aromatic N) is 2. The fraction of sp³-hybridized carbons (Fsp3) is 0.158. The maximum absolute atomic E-state index is 13.2. The smallest absolute Gasteiger partial charge is 0.263 e. The summed E-state index contributed by atoms with van der Waals surface area (Å²) in [6, 6.07) is 11.4. The van der Waals surface area contributed by atoms with Crippen molar-refractivity contribution in [3.63, 3.8) is 0 Å². The normalized spacial score (nSPS) is 12.7. The summed E-state index contributed by atoms with van der Waals surface area (Å²) in [7, 11) is 0. The Morgan fingerprint density at radius 2 is 1.74 bits per heavy atom. The van der Waals surface area contributed by atoms with Crippen LogP contribution in [0, 0.1) is 11.6 Å². The summed E-state index contributed by atoms with van der Waals surface area (Å²) in [4.78, 5) is 12.4. The highest BCUT2D eigenvalue weighted by Gasteiger charge is 2.24. The molecule has 0 fully saturated rings. The molecule has 4 rings (SSSR count). The molecule has 1 aliphatic heterocycles. The fourth-order valence-electron chi connectivity index (χ4n) is 2.76. The van der Waals surface area contributed by atoms with Gasteiger partial charge < -0.3 is 10.1 Å². The molecule has 138 valence electrons. The average molecular weight is 387 g/mol. The lowest BCUT2D eigenvalue weighted by Crippen LogP contribution is -2.22. The summed E-state index contributed by atoms with van der Waals surface area (Å²) >= 11 is 1.71. The second kappa shape index (κ2) is 7.40. The molecule has 0 spiro atoms. The number of ether oxygens (including phenoxy) is 1. The molecule has 0 bridgehead atoms. The highest BCUT2D eigenvalue weighted by atomic mass is 32.2. The van der Waals surface area contributed by atoms with E-state index in [0.717, 1.165) is 22.8 Å². The molecule has 1 aromatic heterocycles. The molecule has 2 aromatic carbocycles. The van der Waals surface area contributed by atoms with E-state index in [1.54, 1.807) is 28.6 Å². The summed E-state index contributed by atoms with van der Waals surface area (Å²) in [5.74, 6) is 1.40. The van der Waals surface area contributed by atoms with Crippen LogP contribution in [0.5, 0.6) is 5.75 Å². The molecular weight excluding hydrogens is 372 g/mol. The average Bonchev–Trinajstić information content (AvgIpc) is 3.25. The Morgan fingerprint density at radius 1 is 1.07 bits per heavy atom. The summed E-state index contributed by atoms with van der Waals surface area (Å²) in [6.07, 6.45) is 0. The van der Waals surface area contributed by atoms with Gasteiger partial charge in [0.1, 0.15) is 23.2 Å². The molecule has 2 heterocycles. The molecule has 0 unspecified atom stereocenters. The monoisotopic (exact) mass is 387 g/mol. The Bertz CT molecular complexity index is 972. The Balaban J connectivity index is 1.53. The van der Waals surface area contributed by atoms with Crippen molar-refractivity contribution in [1.29, 1.82) is 0 Å². The number of fused-ring (bicyclic) bond motifs is 1. The molecule has 27 heavy (non-hydrogen) atoms. The van der Waals surface area contributed by atoms with E-state index in [0.29, 0.717) is 17.3 Å². The summed E-state index contributed by atoms with van der Waals surface area (Å²) in [5, 5.41) is 7.39. The predicted molar refractivity (Wildman–Crippen MR) is 99.0 cm³/mol. The second-order valence-electron chi connectivity index (χ2n) is 5.95. The van der Waals surface area contributed by atoms with E-state index in [4.69, 9.17) is 4.74 Å². The molecule has 3 aromatic rings. The molecule has 0 aliphatic carbocycles. The molecule has 0 radical (unpaired) electrons. The first-order valence-corrected chi connectivity index (χ1v) is 9.38. The highest BCUT2D eigenvalue weighted by Crippen LogP contribution is 2.36. The van der Waals surface area contributed by atoms with E-state index < -0.39 is 0 Å². The Labute approximate surface area is 158 Å². The maximum atomic E-state index is 13.2. The highest BCUT2D eigenvalue weighted by molar-refractivity contribution is 7.98. The van der Waals surface area contributed by atoms with Crippen LogP contribution >= 0.6 is 11.8 Å². The van der Waals surface area contributed by atoms with Crippen LogP contribution in [0.1, 0.15) is 11.3 Å². The Kier molecular flexibility index (Phi) is 4.81. The topological polar surface area (TPSA) is 56.1 Å². The van der Waals surface area contributed by atoms with Crippen LogP contribution in [0.15, 0.2) is 48.5 Å². The predicted octanol–water partition coefficient (Wildman–Crippen LogP) is 3.91. The van der Waals surface area contributed by atoms with Gasteiger partial charge in [-0.15, -0.1) is 0 Å². The number of halogens is 2. The quantitative estimate of drug-likeness (QED) is 0.721. The number of carbonyl (C=O) groups excluding carboxylic acids is 1. The molecule has 0 atom stereocenters. The van der Waals surface area contributed by atoms with Gasteiger partial charge in [0.25, 0.3) is 5.91 Å². The van der Waals surface area contributed by atoms with Crippen molar-refractivity contribution in [1.82, 2.24) is 9.78 Å². The van der Waals surface area contributed by atoms with E-state index in [9.17, 15) is 13.6 Å². The van der Waals surface area contributed by atoms with Crippen molar-refractivity contribution in [2.45, 2.75) is 11.5 Å². The first-order valence-electron chi connectivity index (χ1n) is 8.23. The Hall–Kier alpha value is -2.87. The summed E-state index contributed by atoms with van der Waals surface area (Å²) < 4.78 is 33.1. The van der Waals surface area contributed by atoms with Crippen LogP contribution in [-0.2, 0) is 16.3 Å². The van der Waals surface area contributed by atoms with Gasteiger partial charge in [-0.3, -0.25) is 4.79 Å².